The summed E-state index contributed by atoms with van der Waals surface area (Å²) in [4.78, 5) is 4.31. The molecule has 3 N–H and O–H groups in total. The van der Waals surface area contributed by atoms with E-state index in [1.165, 1.54) is 5.56 Å². The number of hydrogen-bond acceptors (Lipinski definition) is 3. The largest absolute Gasteiger partial charge is 0.370 e. The molecule has 0 radical (unpaired) electrons. The number of aromatic nitrogens is 3. The van der Waals surface area contributed by atoms with Crippen LogP contribution in [0.1, 0.15) is 38.1 Å². The van der Waals surface area contributed by atoms with Crippen LogP contribution in [0.5, 0.6) is 0 Å². The minimum atomic E-state index is 0.376. The second-order valence-corrected chi connectivity index (χ2v) is 5.14. The highest BCUT2D eigenvalue weighted by atomic mass is 15.3. The molecule has 112 valence electrons. The van der Waals surface area contributed by atoms with Gasteiger partial charge in [-0.1, -0.05) is 26.0 Å². The van der Waals surface area contributed by atoms with Crippen LogP contribution in [-0.4, -0.2) is 20.7 Å². The number of benzene rings is 1. The molecule has 1 heterocycles. The highest BCUT2D eigenvalue weighted by Gasteiger charge is 2.03. The van der Waals surface area contributed by atoms with Gasteiger partial charge in [0.1, 0.15) is 12.9 Å². The Morgan fingerprint density at radius 1 is 1.43 bits per heavy atom. The standard InChI is InChI=1S/C15H22N6/c1-4-21-10-18-20-14(21)9-17-15(16)19-13-7-5-6-12(8-13)11(2)3/h5-8,10-11H,4,9H2,1-3H3,(H3,16,17,19). The number of hydrogen-bond donors (Lipinski definition) is 2. The summed E-state index contributed by atoms with van der Waals surface area (Å²) in [6, 6.07) is 8.18. The van der Waals surface area contributed by atoms with E-state index in [4.69, 9.17) is 5.73 Å². The summed E-state index contributed by atoms with van der Waals surface area (Å²) < 4.78 is 1.94. The fraction of sp³-hybridized carbons (Fsp3) is 0.400. The molecular weight excluding hydrogens is 264 g/mol. The predicted octanol–water partition coefficient (Wildman–Crippen LogP) is 2.35. The Labute approximate surface area is 125 Å². The van der Waals surface area contributed by atoms with E-state index in [2.05, 4.69) is 46.5 Å². The molecule has 6 heteroatoms. The maximum Gasteiger partial charge on any atom is 0.193 e. The van der Waals surface area contributed by atoms with E-state index in [0.29, 0.717) is 18.4 Å². The lowest BCUT2D eigenvalue weighted by Crippen LogP contribution is -2.23. The first-order valence-corrected chi connectivity index (χ1v) is 7.13. The van der Waals surface area contributed by atoms with Crippen LogP contribution in [0.25, 0.3) is 0 Å². The zero-order valence-electron chi connectivity index (χ0n) is 12.7. The first-order chi connectivity index (χ1) is 10.1. The van der Waals surface area contributed by atoms with Gasteiger partial charge in [-0.25, -0.2) is 4.99 Å². The molecule has 21 heavy (non-hydrogen) atoms. The lowest BCUT2D eigenvalue weighted by atomic mass is 10.0. The number of nitrogens with one attached hydrogen (secondary N) is 1. The third-order valence-corrected chi connectivity index (χ3v) is 3.25. The molecule has 0 unspecified atom stereocenters. The van der Waals surface area contributed by atoms with Crippen molar-refractivity contribution < 1.29 is 0 Å². The van der Waals surface area contributed by atoms with Crippen LogP contribution < -0.4 is 11.1 Å². The summed E-state index contributed by atoms with van der Waals surface area (Å²) in [5, 5.41) is 11.0. The van der Waals surface area contributed by atoms with Gasteiger partial charge in [0.15, 0.2) is 11.8 Å². The molecule has 2 rings (SSSR count). The average Bonchev–Trinajstić information content (AvgIpc) is 2.93. The monoisotopic (exact) mass is 286 g/mol. The van der Waals surface area contributed by atoms with Crippen LogP contribution in [0, 0.1) is 0 Å². The molecule has 0 saturated carbocycles. The lowest BCUT2D eigenvalue weighted by Gasteiger charge is -2.10. The SMILES string of the molecule is CCn1cnnc1CN=C(N)Nc1cccc(C(C)C)c1. The lowest BCUT2D eigenvalue weighted by molar-refractivity contribution is 0.699. The highest BCUT2D eigenvalue weighted by molar-refractivity contribution is 5.92. The fourth-order valence-corrected chi connectivity index (χ4v) is 1.98. The summed E-state index contributed by atoms with van der Waals surface area (Å²) in [6.07, 6.45) is 1.70. The van der Waals surface area contributed by atoms with E-state index in [9.17, 15) is 0 Å². The number of nitrogens with two attached hydrogens (primary N) is 1. The van der Waals surface area contributed by atoms with Gasteiger partial charge >= 0.3 is 0 Å². The van der Waals surface area contributed by atoms with Gasteiger partial charge in [-0.2, -0.15) is 0 Å². The molecule has 0 aliphatic carbocycles. The molecule has 0 bridgehead atoms. The van der Waals surface area contributed by atoms with Gasteiger partial charge < -0.3 is 15.6 Å². The minimum absolute atomic E-state index is 0.376. The van der Waals surface area contributed by atoms with E-state index >= 15 is 0 Å². The molecule has 0 aliphatic heterocycles. The van der Waals surface area contributed by atoms with Gasteiger partial charge in [0, 0.05) is 12.2 Å². The Balaban J connectivity index is 2.02. The number of aliphatic imine (C=N–C) groups is 1. The molecule has 0 atom stereocenters. The summed E-state index contributed by atoms with van der Waals surface area (Å²) in [6.45, 7) is 7.59. The van der Waals surface area contributed by atoms with Gasteiger partial charge in [0.25, 0.3) is 0 Å². The number of rotatable bonds is 5. The van der Waals surface area contributed by atoms with Crippen molar-refractivity contribution in [1.82, 2.24) is 14.8 Å². The number of aryl methyl sites for hydroxylation is 1. The molecule has 0 saturated heterocycles. The molecule has 0 fully saturated rings. The second-order valence-electron chi connectivity index (χ2n) is 5.14. The van der Waals surface area contributed by atoms with Gasteiger partial charge in [0.2, 0.25) is 0 Å². The Morgan fingerprint density at radius 2 is 2.24 bits per heavy atom. The summed E-state index contributed by atoms with van der Waals surface area (Å²) in [5.74, 6) is 1.66. The molecule has 0 spiro atoms. The molecule has 2 aromatic rings. The van der Waals surface area contributed by atoms with Crippen molar-refractivity contribution in [2.45, 2.75) is 39.8 Å². The Morgan fingerprint density at radius 3 is 2.95 bits per heavy atom. The number of guanidine groups is 1. The molecule has 1 aromatic heterocycles. The van der Waals surface area contributed by atoms with Crippen molar-refractivity contribution in [2.75, 3.05) is 5.32 Å². The van der Waals surface area contributed by atoms with Crippen molar-refractivity contribution in [3.63, 3.8) is 0 Å². The molecule has 1 aromatic carbocycles. The zero-order chi connectivity index (χ0) is 15.2. The van der Waals surface area contributed by atoms with Crippen molar-refractivity contribution in [1.29, 1.82) is 0 Å². The third kappa shape index (κ3) is 4.05. The smallest absolute Gasteiger partial charge is 0.193 e. The van der Waals surface area contributed by atoms with Crippen LogP contribution in [0.15, 0.2) is 35.6 Å². The summed E-state index contributed by atoms with van der Waals surface area (Å²) in [7, 11) is 0. The van der Waals surface area contributed by atoms with E-state index in [-0.39, 0.29) is 0 Å². The van der Waals surface area contributed by atoms with Crippen molar-refractivity contribution in [3.8, 4) is 0 Å². The van der Waals surface area contributed by atoms with Crippen LogP contribution in [0.3, 0.4) is 0 Å². The number of nitrogens with zero attached hydrogens (tertiary/aromatic N) is 4. The maximum atomic E-state index is 5.92. The van der Waals surface area contributed by atoms with Crippen molar-refractivity contribution in [3.05, 3.63) is 42.0 Å². The summed E-state index contributed by atoms with van der Waals surface area (Å²) >= 11 is 0. The van der Waals surface area contributed by atoms with Crippen LogP contribution in [-0.2, 0) is 13.1 Å². The molecule has 0 amide bonds. The van der Waals surface area contributed by atoms with Crippen molar-refractivity contribution in [2.24, 2.45) is 10.7 Å². The van der Waals surface area contributed by atoms with Gasteiger partial charge in [-0.3, -0.25) is 0 Å². The highest BCUT2D eigenvalue weighted by Crippen LogP contribution is 2.18. The van der Waals surface area contributed by atoms with Crippen LogP contribution in [0.4, 0.5) is 5.69 Å². The third-order valence-electron chi connectivity index (χ3n) is 3.25. The minimum Gasteiger partial charge on any atom is -0.370 e. The van der Waals surface area contributed by atoms with E-state index in [1.54, 1.807) is 6.33 Å². The van der Waals surface area contributed by atoms with Crippen molar-refractivity contribution >= 4 is 11.6 Å². The average molecular weight is 286 g/mol. The Bertz CT molecular complexity index is 614. The Kier molecular flexibility index (Phi) is 4.92. The fourth-order valence-electron chi connectivity index (χ4n) is 1.98. The number of anilines is 1. The van der Waals surface area contributed by atoms with E-state index < -0.39 is 0 Å². The zero-order valence-corrected chi connectivity index (χ0v) is 12.7. The van der Waals surface area contributed by atoms with Gasteiger partial charge in [-0.05, 0) is 30.5 Å². The first kappa shape index (κ1) is 15.0. The first-order valence-electron chi connectivity index (χ1n) is 7.13. The van der Waals surface area contributed by atoms with E-state index in [0.717, 1.165) is 18.1 Å². The normalized spacial score (nSPS) is 11.9. The maximum absolute atomic E-state index is 5.92. The molecule has 0 aliphatic rings. The van der Waals surface area contributed by atoms with Crippen LogP contribution >= 0.6 is 0 Å². The quantitative estimate of drug-likeness (QED) is 0.653. The van der Waals surface area contributed by atoms with Gasteiger partial charge in [-0.15, -0.1) is 10.2 Å². The molecular formula is C15H22N6. The molecule has 6 nitrogen and oxygen atoms in total. The topological polar surface area (TPSA) is 81.1 Å². The Hall–Kier alpha value is -2.37. The predicted molar refractivity (Wildman–Crippen MR) is 85.2 cm³/mol. The summed E-state index contributed by atoms with van der Waals surface area (Å²) in [5.41, 5.74) is 8.13. The van der Waals surface area contributed by atoms with Crippen LogP contribution in [0.2, 0.25) is 0 Å². The van der Waals surface area contributed by atoms with E-state index in [1.807, 2.05) is 23.6 Å². The van der Waals surface area contributed by atoms with Gasteiger partial charge in [0.05, 0.1) is 0 Å². The second kappa shape index (κ2) is 6.88.